The van der Waals surface area contributed by atoms with E-state index >= 15 is 0 Å². The molecule has 4 aromatic rings. The van der Waals surface area contributed by atoms with Gasteiger partial charge in [-0.15, -0.1) is 11.3 Å². The highest BCUT2D eigenvalue weighted by Crippen LogP contribution is 2.24. The Labute approximate surface area is 171 Å². The Morgan fingerprint density at radius 1 is 1.10 bits per heavy atom. The number of nitrogens with zero attached hydrogens (tertiary/aromatic N) is 3. The smallest absolute Gasteiger partial charge is 0.291 e. The summed E-state index contributed by atoms with van der Waals surface area (Å²) < 4.78 is 5.07. The number of hydrogen-bond acceptors (Lipinski definition) is 6. The van der Waals surface area contributed by atoms with E-state index in [4.69, 9.17) is 4.42 Å². The molecule has 0 aliphatic heterocycles. The number of fused-ring (bicyclic) bond motifs is 1. The highest BCUT2D eigenvalue weighted by molar-refractivity contribution is 7.18. The fourth-order valence-electron chi connectivity index (χ4n) is 2.94. The predicted molar refractivity (Wildman–Crippen MR) is 111 cm³/mol. The van der Waals surface area contributed by atoms with Gasteiger partial charge in [0.05, 0.1) is 28.2 Å². The summed E-state index contributed by atoms with van der Waals surface area (Å²) in [7, 11) is 1.71. The second-order valence-corrected chi connectivity index (χ2v) is 7.58. The second-order valence-electron chi connectivity index (χ2n) is 6.50. The monoisotopic (exact) mass is 406 g/mol. The van der Waals surface area contributed by atoms with E-state index in [1.165, 1.54) is 17.6 Å². The number of hydrogen-bond donors (Lipinski definition) is 1. The van der Waals surface area contributed by atoms with Gasteiger partial charge in [-0.25, -0.2) is 9.97 Å². The van der Waals surface area contributed by atoms with Crippen LogP contribution in [-0.2, 0) is 6.54 Å². The van der Waals surface area contributed by atoms with E-state index in [2.05, 4.69) is 15.3 Å². The number of thiophene rings is 1. The van der Waals surface area contributed by atoms with Crippen LogP contribution in [0.15, 0.2) is 59.2 Å². The summed E-state index contributed by atoms with van der Waals surface area (Å²) in [4.78, 5) is 36.0. The molecule has 0 unspecified atom stereocenters. The van der Waals surface area contributed by atoms with Crippen molar-refractivity contribution in [2.45, 2.75) is 13.5 Å². The molecule has 3 aromatic heterocycles. The van der Waals surface area contributed by atoms with Gasteiger partial charge in [0.1, 0.15) is 5.82 Å². The van der Waals surface area contributed by atoms with E-state index in [1.54, 1.807) is 36.2 Å². The summed E-state index contributed by atoms with van der Waals surface area (Å²) in [6, 6.07) is 14.4. The van der Waals surface area contributed by atoms with Crippen molar-refractivity contribution in [3.63, 3.8) is 0 Å². The third-order valence-corrected chi connectivity index (χ3v) is 5.35. The molecule has 0 spiro atoms. The molecular formula is C21H18N4O3S. The summed E-state index contributed by atoms with van der Waals surface area (Å²) in [6.07, 6.45) is 1.43. The summed E-state index contributed by atoms with van der Waals surface area (Å²) in [6.45, 7) is 2.22. The summed E-state index contributed by atoms with van der Waals surface area (Å²) >= 11 is 1.21. The molecule has 146 valence electrons. The van der Waals surface area contributed by atoms with Crippen LogP contribution in [0.2, 0.25) is 0 Å². The zero-order valence-corrected chi connectivity index (χ0v) is 16.7. The van der Waals surface area contributed by atoms with Crippen molar-refractivity contribution in [2.75, 3.05) is 12.4 Å². The van der Waals surface area contributed by atoms with E-state index in [0.29, 0.717) is 15.7 Å². The first-order chi connectivity index (χ1) is 14.0. The van der Waals surface area contributed by atoms with Crippen molar-refractivity contribution in [2.24, 2.45) is 0 Å². The third-order valence-electron chi connectivity index (χ3n) is 4.36. The molecule has 7 nitrogen and oxygen atoms in total. The molecule has 8 heteroatoms. The summed E-state index contributed by atoms with van der Waals surface area (Å²) in [5.74, 6) is 0.277. The van der Waals surface area contributed by atoms with Crippen molar-refractivity contribution in [1.29, 1.82) is 0 Å². The van der Waals surface area contributed by atoms with Crippen LogP contribution in [0.5, 0.6) is 0 Å². The van der Waals surface area contributed by atoms with E-state index in [-0.39, 0.29) is 24.1 Å². The number of rotatable bonds is 5. The molecule has 0 radical (unpaired) electrons. The Kier molecular flexibility index (Phi) is 5.09. The predicted octanol–water partition coefficient (Wildman–Crippen LogP) is 4.12. The maximum Gasteiger partial charge on any atom is 0.291 e. The number of para-hydroxylation sites is 1. The number of nitrogens with one attached hydrogen (secondary N) is 1. The minimum atomic E-state index is -0.357. The third kappa shape index (κ3) is 4.02. The number of benzene rings is 1. The lowest BCUT2D eigenvalue weighted by molar-refractivity contribution is 0.0786. The first kappa shape index (κ1) is 18.8. The minimum absolute atomic E-state index is 0.164. The Hall–Kier alpha value is -3.52. The van der Waals surface area contributed by atoms with E-state index < -0.39 is 0 Å². The van der Waals surface area contributed by atoms with Crippen LogP contribution < -0.4 is 5.32 Å². The molecule has 29 heavy (non-hydrogen) atoms. The highest BCUT2D eigenvalue weighted by atomic mass is 32.1. The molecule has 0 aliphatic carbocycles. The minimum Gasteiger partial charge on any atom is -0.459 e. The van der Waals surface area contributed by atoms with Crippen LogP contribution in [0.3, 0.4) is 0 Å². The lowest BCUT2D eigenvalue weighted by Gasteiger charge is -2.16. The second kappa shape index (κ2) is 7.84. The average Bonchev–Trinajstić information content (AvgIpc) is 3.39. The van der Waals surface area contributed by atoms with Gasteiger partial charge in [0.25, 0.3) is 11.8 Å². The molecule has 1 aromatic carbocycles. The van der Waals surface area contributed by atoms with Crippen molar-refractivity contribution in [3.05, 3.63) is 76.9 Å². The van der Waals surface area contributed by atoms with Gasteiger partial charge in [-0.05, 0) is 37.3 Å². The van der Waals surface area contributed by atoms with E-state index in [1.807, 2.05) is 31.2 Å². The number of carbonyl (C=O) groups excluding carboxylic acids is 2. The summed E-state index contributed by atoms with van der Waals surface area (Å²) in [5, 5.41) is 4.30. The normalized spacial score (nSPS) is 10.8. The fraction of sp³-hybridized carbons (Fsp3) is 0.143. The van der Waals surface area contributed by atoms with Gasteiger partial charge in [-0.3, -0.25) is 9.59 Å². The zero-order chi connectivity index (χ0) is 20.4. The lowest BCUT2D eigenvalue weighted by Crippen LogP contribution is -2.26. The Morgan fingerprint density at radius 2 is 1.93 bits per heavy atom. The number of carbonyl (C=O) groups is 2. The SMILES string of the molecule is Cc1nc(CN(C)C(=O)c2ccc(NC(=O)c3ccco3)s2)nc2ccccc12. The zero-order valence-electron chi connectivity index (χ0n) is 15.9. The van der Waals surface area contributed by atoms with Crippen LogP contribution in [0.25, 0.3) is 10.9 Å². The van der Waals surface area contributed by atoms with Crippen molar-refractivity contribution in [1.82, 2.24) is 14.9 Å². The molecule has 1 N–H and O–H groups in total. The summed E-state index contributed by atoms with van der Waals surface area (Å²) in [5.41, 5.74) is 1.74. The molecule has 0 bridgehead atoms. The number of anilines is 1. The van der Waals surface area contributed by atoms with Crippen LogP contribution in [-0.4, -0.2) is 33.7 Å². The molecule has 4 rings (SSSR count). The van der Waals surface area contributed by atoms with E-state index in [0.717, 1.165) is 16.6 Å². The van der Waals surface area contributed by atoms with Gasteiger partial charge in [-0.2, -0.15) is 0 Å². The highest BCUT2D eigenvalue weighted by Gasteiger charge is 2.18. The molecule has 0 saturated heterocycles. The molecule has 2 amide bonds. The first-order valence-corrected chi connectivity index (χ1v) is 9.75. The first-order valence-electron chi connectivity index (χ1n) is 8.93. The van der Waals surface area contributed by atoms with Gasteiger partial charge in [0.15, 0.2) is 5.76 Å². The standard InChI is InChI=1S/C21H18N4O3S/c1-13-14-6-3-4-7-15(14)23-18(22-13)12-25(2)21(27)17-9-10-19(29-17)24-20(26)16-8-5-11-28-16/h3-11H,12H2,1-2H3,(H,24,26). The Balaban J connectivity index is 1.46. The number of aromatic nitrogens is 2. The number of amides is 2. The van der Waals surface area contributed by atoms with Crippen LogP contribution >= 0.6 is 11.3 Å². The molecule has 0 saturated carbocycles. The Morgan fingerprint density at radius 3 is 2.72 bits per heavy atom. The largest absolute Gasteiger partial charge is 0.459 e. The maximum absolute atomic E-state index is 12.8. The van der Waals surface area contributed by atoms with Gasteiger partial charge in [0.2, 0.25) is 0 Å². The van der Waals surface area contributed by atoms with Crippen LogP contribution in [0, 0.1) is 6.92 Å². The molecule has 0 fully saturated rings. The van der Waals surface area contributed by atoms with Crippen molar-refractivity contribution >= 4 is 39.1 Å². The molecule has 3 heterocycles. The van der Waals surface area contributed by atoms with Gasteiger partial charge >= 0.3 is 0 Å². The van der Waals surface area contributed by atoms with Crippen molar-refractivity contribution < 1.29 is 14.0 Å². The van der Waals surface area contributed by atoms with E-state index in [9.17, 15) is 9.59 Å². The quantitative estimate of drug-likeness (QED) is 0.539. The topological polar surface area (TPSA) is 88.3 Å². The fourth-order valence-corrected chi connectivity index (χ4v) is 3.83. The molecular weight excluding hydrogens is 388 g/mol. The van der Waals surface area contributed by atoms with Crippen LogP contribution in [0.1, 0.15) is 31.7 Å². The number of aryl methyl sites for hydroxylation is 1. The van der Waals surface area contributed by atoms with Crippen molar-refractivity contribution in [3.8, 4) is 0 Å². The average molecular weight is 406 g/mol. The van der Waals surface area contributed by atoms with Gasteiger partial charge in [0, 0.05) is 18.1 Å². The van der Waals surface area contributed by atoms with Gasteiger partial charge < -0.3 is 14.6 Å². The van der Waals surface area contributed by atoms with Crippen LogP contribution in [0.4, 0.5) is 5.00 Å². The Bertz CT molecular complexity index is 1180. The maximum atomic E-state index is 12.8. The lowest BCUT2D eigenvalue weighted by atomic mass is 10.2. The molecule has 0 aliphatic rings. The van der Waals surface area contributed by atoms with Gasteiger partial charge in [-0.1, -0.05) is 18.2 Å². The number of furan rings is 1. The molecule has 0 atom stereocenters.